The summed E-state index contributed by atoms with van der Waals surface area (Å²) in [6.07, 6.45) is 0. The van der Waals surface area contributed by atoms with E-state index < -0.39 is 5.82 Å². The zero-order valence-electron chi connectivity index (χ0n) is 8.76. The van der Waals surface area contributed by atoms with Crippen LogP contribution in [0.3, 0.4) is 0 Å². The molecule has 0 aliphatic heterocycles. The number of carbonyl (C=O) groups is 1. The van der Waals surface area contributed by atoms with Crippen LogP contribution in [-0.4, -0.2) is 5.78 Å². The topological polar surface area (TPSA) is 17.1 Å². The molecule has 2 aromatic rings. The van der Waals surface area contributed by atoms with E-state index in [9.17, 15) is 9.18 Å². The minimum absolute atomic E-state index is 0.226. The van der Waals surface area contributed by atoms with E-state index in [1.807, 2.05) is 6.92 Å². The van der Waals surface area contributed by atoms with E-state index in [1.54, 1.807) is 6.07 Å². The fraction of sp³-hybridized carbons (Fsp3) is 0.0833. The van der Waals surface area contributed by atoms with Gasteiger partial charge >= 0.3 is 0 Å². The van der Waals surface area contributed by atoms with Crippen molar-refractivity contribution in [2.45, 2.75) is 6.92 Å². The molecule has 1 nitrogen and oxygen atoms in total. The van der Waals surface area contributed by atoms with Crippen LogP contribution in [0.15, 0.2) is 28.7 Å². The monoisotopic (exact) mass is 332 g/mol. The number of hydrogen-bond donors (Lipinski definition) is 0. The van der Waals surface area contributed by atoms with Gasteiger partial charge in [-0.2, -0.15) is 0 Å². The first kappa shape index (κ1) is 12.7. The van der Waals surface area contributed by atoms with Gasteiger partial charge in [-0.1, -0.05) is 27.5 Å². The van der Waals surface area contributed by atoms with Crippen LogP contribution in [0.2, 0.25) is 4.34 Å². The third kappa shape index (κ3) is 2.59. The van der Waals surface area contributed by atoms with Crippen molar-refractivity contribution < 1.29 is 9.18 Å². The maximum absolute atomic E-state index is 13.1. The molecule has 0 unspecified atom stereocenters. The summed E-state index contributed by atoms with van der Waals surface area (Å²) < 4.78 is 14.3. The van der Waals surface area contributed by atoms with E-state index in [4.69, 9.17) is 11.6 Å². The van der Waals surface area contributed by atoms with Crippen molar-refractivity contribution in [3.63, 3.8) is 0 Å². The molecule has 0 saturated heterocycles. The second-order valence-corrected chi connectivity index (χ2v) is 6.03. The summed E-state index contributed by atoms with van der Waals surface area (Å²) in [4.78, 5) is 12.7. The van der Waals surface area contributed by atoms with Gasteiger partial charge in [0.25, 0.3) is 0 Å². The Morgan fingerprint density at radius 3 is 2.71 bits per heavy atom. The number of halogens is 3. The molecule has 1 aromatic heterocycles. The van der Waals surface area contributed by atoms with Crippen molar-refractivity contribution in [3.8, 4) is 0 Å². The van der Waals surface area contributed by atoms with Crippen LogP contribution in [0.4, 0.5) is 4.39 Å². The molecule has 1 heterocycles. The predicted molar refractivity (Wildman–Crippen MR) is 71.6 cm³/mol. The van der Waals surface area contributed by atoms with Gasteiger partial charge in [-0.05, 0) is 36.8 Å². The highest BCUT2D eigenvalue weighted by molar-refractivity contribution is 9.10. The van der Waals surface area contributed by atoms with Gasteiger partial charge in [0.2, 0.25) is 5.78 Å². The quantitative estimate of drug-likeness (QED) is 0.719. The molecule has 5 heteroatoms. The summed E-state index contributed by atoms with van der Waals surface area (Å²) in [7, 11) is 0. The molecule has 0 fully saturated rings. The van der Waals surface area contributed by atoms with Gasteiger partial charge in [0.15, 0.2) is 0 Å². The normalized spacial score (nSPS) is 10.6. The molecule has 0 aliphatic carbocycles. The highest BCUT2D eigenvalue weighted by atomic mass is 79.9. The number of rotatable bonds is 2. The van der Waals surface area contributed by atoms with Crippen molar-refractivity contribution in [3.05, 3.63) is 54.9 Å². The lowest BCUT2D eigenvalue weighted by Crippen LogP contribution is -2.00. The minimum Gasteiger partial charge on any atom is -0.288 e. The Labute approximate surface area is 115 Å². The average Bonchev–Trinajstić information content (AvgIpc) is 2.62. The second-order valence-electron chi connectivity index (χ2n) is 3.52. The number of hydrogen-bond acceptors (Lipinski definition) is 2. The molecule has 0 radical (unpaired) electrons. The van der Waals surface area contributed by atoms with Crippen molar-refractivity contribution in [2.24, 2.45) is 0 Å². The van der Waals surface area contributed by atoms with Crippen molar-refractivity contribution in [1.29, 1.82) is 0 Å². The number of ketones is 1. The largest absolute Gasteiger partial charge is 0.288 e. The summed E-state index contributed by atoms with van der Waals surface area (Å²) in [5.41, 5.74) is 1.16. The van der Waals surface area contributed by atoms with Gasteiger partial charge < -0.3 is 0 Å². The molecule has 1 aromatic carbocycles. The lowest BCUT2D eigenvalue weighted by Gasteiger charge is -2.01. The van der Waals surface area contributed by atoms with Crippen LogP contribution < -0.4 is 0 Å². The lowest BCUT2D eigenvalue weighted by molar-refractivity contribution is 0.104. The summed E-state index contributed by atoms with van der Waals surface area (Å²) in [6.45, 7) is 1.83. The van der Waals surface area contributed by atoms with E-state index in [-0.39, 0.29) is 5.78 Å². The Morgan fingerprint density at radius 1 is 1.41 bits per heavy atom. The summed E-state index contributed by atoms with van der Waals surface area (Å²) >= 11 is 10.4. The zero-order valence-corrected chi connectivity index (χ0v) is 11.9. The fourth-order valence-electron chi connectivity index (χ4n) is 1.38. The number of aryl methyl sites for hydroxylation is 1. The van der Waals surface area contributed by atoms with Gasteiger partial charge in [0.1, 0.15) is 5.82 Å². The summed E-state index contributed by atoms with van der Waals surface area (Å²) in [6, 6.07) is 5.75. The van der Waals surface area contributed by atoms with Crippen molar-refractivity contribution in [1.82, 2.24) is 0 Å². The van der Waals surface area contributed by atoms with E-state index in [0.717, 1.165) is 5.56 Å². The molecule has 0 N–H and O–H groups in total. The molecule has 0 spiro atoms. The molecule has 0 aliphatic rings. The Balaban J connectivity index is 2.47. The fourth-order valence-corrected chi connectivity index (χ4v) is 2.96. The predicted octanol–water partition coefficient (Wildman–Crippen LogP) is 4.84. The second kappa shape index (κ2) is 4.88. The number of carbonyl (C=O) groups excluding carboxylic acids is 1. The number of benzene rings is 1. The van der Waals surface area contributed by atoms with Gasteiger partial charge in [-0.15, -0.1) is 11.3 Å². The first-order chi connectivity index (χ1) is 7.99. The van der Waals surface area contributed by atoms with E-state index in [0.29, 0.717) is 19.2 Å². The van der Waals surface area contributed by atoms with E-state index in [2.05, 4.69) is 15.9 Å². The first-order valence-corrected chi connectivity index (χ1v) is 6.73. The SMILES string of the molecule is Cc1cc(C(=O)c2cc(F)ccc2Br)sc1Cl. The highest BCUT2D eigenvalue weighted by Gasteiger charge is 2.16. The maximum atomic E-state index is 13.1. The smallest absolute Gasteiger partial charge is 0.204 e. The Bertz CT molecular complexity index is 575. The van der Waals surface area contributed by atoms with Crippen molar-refractivity contribution in [2.75, 3.05) is 0 Å². The standard InChI is InChI=1S/C12H7BrClFOS/c1-6-4-10(17-12(6)14)11(16)8-5-7(15)2-3-9(8)13/h2-5H,1H3. The molecule has 0 amide bonds. The molecular weight excluding hydrogens is 327 g/mol. The Kier molecular flexibility index (Phi) is 3.66. The van der Waals surface area contributed by atoms with Crippen LogP contribution in [-0.2, 0) is 0 Å². The molecule has 2 rings (SSSR count). The zero-order chi connectivity index (χ0) is 12.6. The summed E-state index contributed by atoms with van der Waals surface area (Å²) in [5.74, 6) is -0.660. The third-order valence-corrected chi connectivity index (χ3v) is 4.50. The van der Waals surface area contributed by atoms with Crippen molar-refractivity contribution >= 4 is 44.7 Å². The molecule has 17 heavy (non-hydrogen) atoms. The average molecular weight is 334 g/mol. The Morgan fingerprint density at radius 2 is 2.12 bits per heavy atom. The first-order valence-electron chi connectivity index (χ1n) is 4.74. The van der Waals surface area contributed by atoms with Gasteiger partial charge in [-0.25, -0.2) is 4.39 Å². The van der Waals surface area contributed by atoms with Crippen LogP contribution in [0, 0.1) is 12.7 Å². The van der Waals surface area contributed by atoms with Crippen LogP contribution >= 0.6 is 38.9 Å². The van der Waals surface area contributed by atoms with E-state index in [1.165, 1.54) is 29.5 Å². The summed E-state index contributed by atoms with van der Waals surface area (Å²) in [5, 5.41) is 0. The van der Waals surface area contributed by atoms with Crippen LogP contribution in [0.25, 0.3) is 0 Å². The Hall–Kier alpha value is -0.710. The molecule has 0 atom stereocenters. The highest BCUT2D eigenvalue weighted by Crippen LogP contribution is 2.30. The number of thiophene rings is 1. The van der Waals surface area contributed by atoms with Gasteiger partial charge in [-0.3, -0.25) is 4.79 Å². The molecule has 0 bridgehead atoms. The minimum atomic E-state index is -0.434. The van der Waals surface area contributed by atoms with E-state index >= 15 is 0 Å². The van der Waals surface area contributed by atoms with Crippen LogP contribution in [0.5, 0.6) is 0 Å². The maximum Gasteiger partial charge on any atom is 0.204 e. The van der Waals surface area contributed by atoms with Gasteiger partial charge in [0.05, 0.1) is 9.21 Å². The molecule has 88 valence electrons. The molecule has 0 saturated carbocycles. The van der Waals surface area contributed by atoms with Gasteiger partial charge in [0, 0.05) is 10.0 Å². The molecular formula is C12H7BrClFOS. The lowest BCUT2D eigenvalue weighted by atomic mass is 10.1. The third-order valence-electron chi connectivity index (χ3n) is 2.25. The van der Waals surface area contributed by atoms with Crippen LogP contribution in [0.1, 0.15) is 20.8 Å².